The van der Waals surface area contributed by atoms with E-state index in [2.05, 4.69) is 38.8 Å². The fourth-order valence-corrected chi connectivity index (χ4v) is 5.34. The van der Waals surface area contributed by atoms with Crippen LogP contribution in [-0.2, 0) is 4.74 Å². The van der Waals surface area contributed by atoms with E-state index in [0.29, 0.717) is 5.41 Å². The van der Waals surface area contributed by atoms with Gasteiger partial charge in [0.1, 0.15) is 0 Å². The summed E-state index contributed by atoms with van der Waals surface area (Å²) >= 11 is 0. The molecule has 0 aromatic heterocycles. The van der Waals surface area contributed by atoms with Crippen molar-refractivity contribution in [3.05, 3.63) is 0 Å². The van der Waals surface area contributed by atoms with Gasteiger partial charge in [-0.2, -0.15) is 0 Å². The van der Waals surface area contributed by atoms with E-state index in [1.165, 1.54) is 18.9 Å². The molecule has 0 aromatic carbocycles. The van der Waals surface area contributed by atoms with Crippen molar-refractivity contribution in [2.45, 2.75) is 52.4 Å². The van der Waals surface area contributed by atoms with E-state index < -0.39 is 8.07 Å². The van der Waals surface area contributed by atoms with E-state index in [1.54, 1.807) is 7.11 Å². The van der Waals surface area contributed by atoms with Gasteiger partial charge in [0.15, 0.2) is 0 Å². The van der Waals surface area contributed by atoms with E-state index >= 15 is 0 Å². The summed E-state index contributed by atoms with van der Waals surface area (Å²) in [5, 5.41) is 3.55. The summed E-state index contributed by atoms with van der Waals surface area (Å²) in [6.07, 6.45) is 2.57. The lowest BCUT2D eigenvalue weighted by Gasteiger charge is -2.37. The SMILES string of the molecule is CCC(CC)(CNCCOC)C[Si](C)(C)C. The van der Waals surface area contributed by atoms with E-state index in [4.69, 9.17) is 4.74 Å². The second kappa shape index (κ2) is 7.46. The zero-order valence-corrected chi connectivity index (χ0v) is 13.2. The third kappa shape index (κ3) is 6.66. The molecular formula is C13H31NOSi. The van der Waals surface area contributed by atoms with Crippen LogP contribution in [0.2, 0.25) is 25.7 Å². The largest absolute Gasteiger partial charge is 0.383 e. The summed E-state index contributed by atoms with van der Waals surface area (Å²) < 4.78 is 5.07. The predicted molar refractivity (Wildman–Crippen MR) is 75.9 cm³/mol. The smallest absolute Gasteiger partial charge is 0.0587 e. The summed E-state index contributed by atoms with van der Waals surface area (Å²) in [4.78, 5) is 0. The lowest BCUT2D eigenvalue weighted by Crippen LogP contribution is -2.40. The molecule has 98 valence electrons. The van der Waals surface area contributed by atoms with Crippen LogP contribution in [0.15, 0.2) is 0 Å². The second-order valence-corrected chi connectivity index (χ2v) is 11.6. The molecule has 0 radical (unpaired) electrons. The maximum atomic E-state index is 5.07. The first kappa shape index (κ1) is 16.1. The predicted octanol–water partition coefficient (Wildman–Crippen LogP) is 3.37. The van der Waals surface area contributed by atoms with Crippen molar-refractivity contribution in [3.63, 3.8) is 0 Å². The Morgan fingerprint density at radius 2 is 1.69 bits per heavy atom. The highest BCUT2D eigenvalue weighted by atomic mass is 28.3. The number of methoxy groups -OCH3 is 1. The Bertz CT molecular complexity index is 173. The molecule has 0 heterocycles. The van der Waals surface area contributed by atoms with E-state index in [9.17, 15) is 0 Å². The molecule has 0 amide bonds. The first-order valence-electron chi connectivity index (χ1n) is 6.59. The fourth-order valence-electron chi connectivity index (χ4n) is 2.47. The first-order valence-corrected chi connectivity index (χ1v) is 10.3. The summed E-state index contributed by atoms with van der Waals surface area (Å²) in [6, 6.07) is 1.42. The number of hydrogen-bond acceptors (Lipinski definition) is 2. The third-order valence-electron chi connectivity index (χ3n) is 3.39. The summed E-state index contributed by atoms with van der Waals surface area (Å²) in [7, 11) is 0.786. The molecule has 0 aliphatic heterocycles. The maximum absolute atomic E-state index is 5.07. The molecule has 0 bridgehead atoms. The Hall–Kier alpha value is 0.137. The van der Waals surface area contributed by atoms with Crippen molar-refractivity contribution in [1.29, 1.82) is 0 Å². The second-order valence-electron chi connectivity index (χ2n) is 6.11. The van der Waals surface area contributed by atoms with Gasteiger partial charge < -0.3 is 10.1 Å². The van der Waals surface area contributed by atoms with Gasteiger partial charge in [-0.15, -0.1) is 0 Å². The normalized spacial score (nSPS) is 13.1. The Morgan fingerprint density at radius 1 is 1.12 bits per heavy atom. The molecule has 16 heavy (non-hydrogen) atoms. The first-order chi connectivity index (χ1) is 7.39. The van der Waals surface area contributed by atoms with Gasteiger partial charge in [0.2, 0.25) is 0 Å². The molecular weight excluding hydrogens is 214 g/mol. The highest BCUT2D eigenvalue weighted by Gasteiger charge is 2.31. The molecule has 0 aliphatic carbocycles. The molecule has 0 unspecified atom stereocenters. The van der Waals surface area contributed by atoms with Gasteiger partial charge in [0.25, 0.3) is 0 Å². The number of rotatable bonds is 9. The minimum absolute atomic E-state index is 0.512. The van der Waals surface area contributed by atoms with Gasteiger partial charge in [-0.05, 0) is 18.3 Å². The van der Waals surface area contributed by atoms with Crippen molar-refractivity contribution in [2.75, 3.05) is 26.8 Å². The minimum Gasteiger partial charge on any atom is -0.383 e. The van der Waals surface area contributed by atoms with E-state index in [1.807, 2.05) is 0 Å². The molecule has 0 saturated heterocycles. The minimum atomic E-state index is -0.974. The molecule has 0 aromatic rings. The van der Waals surface area contributed by atoms with Gasteiger partial charge in [0.05, 0.1) is 6.61 Å². The standard InChI is InChI=1S/C13H31NOSi/c1-7-13(8-2,12-16(4,5)6)11-14-9-10-15-3/h14H,7-12H2,1-6H3. The van der Waals surface area contributed by atoms with Crippen LogP contribution in [0.1, 0.15) is 26.7 Å². The average molecular weight is 245 g/mol. The van der Waals surface area contributed by atoms with Gasteiger partial charge in [-0.25, -0.2) is 0 Å². The van der Waals surface area contributed by atoms with Crippen LogP contribution in [0, 0.1) is 5.41 Å². The van der Waals surface area contributed by atoms with E-state index in [0.717, 1.165) is 19.7 Å². The van der Waals surface area contributed by atoms with Crippen molar-refractivity contribution in [3.8, 4) is 0 Å². The molecule has 0 atom stereocenters. The molecule has 0 fully saturated rings. The highest BCUT2D eigenvalue weighted by Crippen LogP contribution is 2.35. The van der Waals surface area contributed by atoms with Crippen molar-refractivity contribution < 1.29 is 4.74 Å². The topological polar surface area (TPSA) is 21.3 Å². The summed E-state index contributed by atoms with van der Waals surface area (Å²) in [5.74, 6) is 0. The molecule has 0 aliphatic rings. The third-order valence-corrected chi connectivity index (χ3v) is 5.20. The van der Waals surface area contributed by atoms with Crippen molar-refractivity contribution >= 4 is 8.07 Å². The van der Waals surface area contributed by atoms with Gasteiger partial charge in [-0.1, -0.05) is 39.5 Å². The van der Waals surface area contributed by atoms with Crippen molar-refractivity contribution in [2.24, 2.45) is 5.41 Å². The van der Waals surface area contributed by atoms with Crippen LogP contribution >= 0.6 is 0 Å². The zero-order chi connectivity index (χ0) is 12.7. The molecule has 0 saturated carbocycles. The lowest BCUT2D eigenvalue weighted by atomic mass is 9.84. The van der Waals surface area contributed by atoms with Crippen LogP contribution in [0.3, 0.4) is 0 Å². The monoisotopic (exact) mass is 245 g/mol. The Kier molecular flexibility index (Phi) is 7.52. The quantitative estimate of drug-likeness (QED) is 0.497. The lowest BCUT2D eigenvalue weighted by molar-refractivity contribution is 0.190. The molecule has 2 nitrogen and oxygen atoms in total. The van der Waals surface area contributed by atoms with Crippen LogP contribution in [0.25, 0.3) is 0 Å². The maximum Gasteiger partial charge on any atom is 0.0587 e. The highest BCUT2D eigenvalue weighted by molar-refractivity contribution is 6.76. The Labute approximate surface area is 103 Å². The molecule has 0 rings (SSSR count). The zero-order valence-electron chi connectivity index (χ0n) is 12.2. The summed E-state index contributed by atoms with van der Waals surface area (Å²) in [5.41, 5.74) is 0.512. The van der Waals surface area contributed by atoms with Gasteiger partial charge in [-0.3, -0.25) is 0 Å². The fraction of sp³-hybridized carbons (Fsp3) is 1.00. The Balaban J connectivity index is 4.21. The van der Waals surface area contributed by atoms with Crippen LogP contribution in [-0.4, -0.2) is 34.9 Å². The Morgan fingerprint density at radius 3 is 2.06 bits per heavy atom. The van der Waals surface area contributed by atoms with Gasteiger partial charge >= 0.3 is 0 Å². The average Bonchev–Trinajstić information content (AvgIpc) is 2.21. The number of ether oxygens (including phenoxy) is 1. The summed E-state index contributed by atoms with van der Waals surface area (Å²) in [6.45, 7) is 15.0. The molecule has 1 N–H and O–H groups in total. The number of nitrogens with one attached hydrogen (secondary N) is 1. The number of hydrogen-bond donors (Lipinski definition) is 1. The van der Waals surface area contributed by atoms with Crippen LogP contribution in [0.5, 0.6) is 0 Å². The molecule has 0 spiro atoms. The van der Waals surface area contributed by atoms with Crippen LogP contribution in [0.4, 0.5) is 0 Å². The van der Waals surface area contributed by atoms with E-state index in [-0.39, 0.29) is 0 Å². The van der Waals surface area contributed by atoms with Crippen molar-refractivity contribution in [1.82, 2.24) is 5.32 Å². The van der Waals surface area contributed by atoms with Gasteiger partial charge in [0, 0.05) is 28.3 Å². The molecule has 3 heteroatoms. The van der Waals surface area contributed by atoms with Crippen LogP contribution < -0.4 is 5.32 Å².